The van der Waals surface area contributed by atoms with Crippen LogP contribution in [0.15, 0.2) is 36.4 Å². The molecule has 3 nitrogen and oxygen atoms in total. The molecule has 2 aromatic rings. The quantitative estimate of drug-likeness (QED) is 0.890. The van der Waals surface area contributed by atoms with Crippen molar-refractivity contribution >= 4 is 23.0 Å². The number of aryl methyl sites for hydroxylation is 1. The van der Waals surface area contributed by atoms with Gasteiger partial charge in [0.2, 0.25) is 0 Å². The van der Waals surface area contributed by atoms with Crippen LogP contribution in [-0.2, 0) is 0 Å². The number of hydrogen-bond donors (Lipinski definition) is 1. The SMILES string of the molecule is Cc1cccc(C#N)c1Nc1cc(C#N)ccc1Cl. The van der Waals surface area contributed by atoms with Crippen molar-refractivity contribution in [3.63, 3.8) is 0 Å². The molecule has 19 heavy (non-hydrogen) atoms. The van der Waals surface area contributed by atoms with Crippen LogP contribution in [0.3, 0.4) is 0 Å². The van der Waals surface area contributed by atoms with Gasteiger partial charge in [0.05, 0.1) is 33.6 Å². The Labute approximate surface area is 116 Å². The molecule has 0 radical (unpaired) electrons. The van der Waals surface area contributed by atoms with E-state index in [-0.39, 0.29) is 0 Å². The predicted molar refractivity (Wildman–Crippen MR) is 75.3 cm³/mol. The first-order valence-electron chi connectivity index (χ1n) is 5.62. The van der Waals surface area contributed by atoms with E-state index in [4.69, 9.17) is 22.1 Å². The van der Waals surface area contributed by atoms with E-state index >= 15 is 0 Å². The number of nitrogens with zero attached hydrogens (tertiary/aromatic N) is 2. The van der Waals surface area contributed by atoms with Crippen molar-refractivity contribution in [1.82, 2.24) is 0 Å². The lowest BCUT2D eigenvalue weighted by atomic mass is 10.1. The molecule has 0 saturated carbocycles. The van der Waals surface area contributed by atoms with Crippen LogP contribution in [-0.4, -0.2) is 0 Å². The summed E-state index contributed by atoms with van der Waals surface area (Å²) in [7, 11) is 0. The number of rotatable bonds is 2. The molecule has 2 aromatic carbocycles. The van der Waals surface area contributed by atoms with E-state index in [1.54, 1.807) is 24.3 Å². The zero-order valence-corrected chi connectivity index (χ0v) is 11.0. The highest BCUT2D eigenvalue weighted by Crippen LogP contribution is 2.29. The van der Waals surface area contributed by atoms with E-state index in [1.165, 1.54) is 0 Å². The Hall–Kier alpha value is -2.49. The summed E-state index contributed by atoms with van der Waals surface area (Å²) in [5.41, 5.74) is 3.32. The second-order valence-corrected chi connectivity index (χ2v) is 4.45. The van der Waals surface area contributed by atoms with Gasteiger partial charge in [-0.1, -0.05) is 23.7 Å². The molecule has 0 aliphatic rings. The number of halogens is 1. The van der Waals surface area contributed by atoms with Gasteiger partial charge in [-0.2, -0.15) is 10.5 Å². The van der Waals surface area contributed by atoms with Gasteiger partial charge in [0.25, 0.3) is 0 Å². The lowest BCUT2D eigenvalue weighted by Gasteiger charge is -2.12. The Morgan fingerprint density at radius 1 is 1.11 bits per heavy atom. The smallest absolute Gasteiger partial charge is 0.101 e. The fraction of sp³-hybridized carbons (Fsp3) is 0.0667. The molecule has 0 saturated heterocycles. The third kappa shape index (κ3) is 2.68. The van der Waals surface area contributed by atoms with Crippen molar-refractivity contribution < 1.29 is 0 Å². The molecule has 0 unspecified atom stereocenters. The average molecular weight is 268 g/mol. The molecule has 0 fully saturated rings. The maximum Gasteiger partial charge on any atom is 0.101 e. The maximum atomic E-state index is 9.12. The van der Waals surface area contributed by atoms with Crippen LogP contribution in [0.2, 0.25) is 5.02 Å². The lowest BCUT2D eigenvalue weighted by Crippen LogP contribution is -1.97. The molecule has 0 atom stereocenters. The zero-order valence-electron chi connectivity index (χ0n) is 10.2. The second-order valence-electron chi connectivity index (χ2n) is 4.04. The van der Waals surface area contributed by atoms with Gasteiger partial charge < -0.3 is 5.32 Å². The molecule has 0 bridgehead atoms. The molecule has 0 amide bonds. The standard InChI is InChI=1S/C15H10ClN3/c1-10-3-2-4-12(9-18)15(10)19-14-7-11(8-17)5-6-13(14)16/h2-7,19H,1H3. The number of nitrogens with one attached hydrogen (secondary N) is 1. The largest absolute Gasteiger partial charge is 0.353 e. The van der Waals surface area contributed by atoms with Crippen LogP contribution < -0.4 is 5.32 Å². The first-order chi connectivity index (χ1) is 9.15. The highest BCUT2D eigenvalue weighted by molar-refractivity contribution is 6.33. The number of para-hydroxylation sites is 1. The number of nitriles is 2. The van der Waals surface area contributed by atoms with Gasteiger partial charge in [-0.15, -0.1) is 0 Å². The monoisotopic (exact) mass is 267 g/mol. The first kappa shape index (κ1) is 13.0. The number of hydrogen-bond acceptors (Lipinski definition) is 3. The van der Waals surface area contributed by atoms with E-state index in [0.29, 0.717) is 27.5 Å². The third-order valence-electron chi connectivity index (χ3n) is 2.75. The molecule has 92 valence electrons. The molecule has 0 spiro atoms. The summed E-state index contributed by atoms with van der Waals surface area (Å²) in [4.78, 5) is 0. The summed E-state index contributed by atoms with van der Waals surface area (Å²) < 4.78 is 0. The van der Waals surface area contributed by atoms with Crippen LogP contribution in [0, 0.1) is 29.6 Å². The molecule has 0 heterocycles. The number of benzene rings is 2. The normalized spacial score (nSPS) is 9.47. The van der Waals surface area contributed by atoms with E-state index in [2.05, 4.69) is 17.5 Å². The van der Waals surface area contributed by atoms with E-state index in [9.17, 15) is 0 Å². The summed E-state index contributed by atoms with van der Waals surface area (Å²) in [5.74, 6) is 0. The van der Waals surface area contributed by atoms with Crippen molar-refractivity contribution in [2.24, 2.45) is 0 Å². The Morgan fingerprint density at radius 2 is 1.89 bits per heavy atom. The van der Waals surface area contributed by atoms with Crippen LogP contribution in [0.1, 0.15) is 16.7 Å². The molecular formula is C15H10ClN3. The van der Waals surface area contributed by atoms with Crippen molar-refractivity contribution in [3.8, 4) is 12.1 Å². The highest BCUT2D eigenvalue weighted by atomic mass is 35.5. The minimum Gasteiger partial charge on any atom is -0.353 e. The Morgan fingerprint density at radius 3 is 2.58 bits per heavy atom. The molecule has 0 aromatic heterocycles. The Balaban J connectivity index is 2.48. The van der Waals surface area contributed by atoms with Gasteiger partial charge in [-0.25, -0.2) is 0 Å². The van der Waals surface area contributed by atoms with Gasteiger partial charge in [0.1, 0.15) is 6.07 Å². The van der Waals surface area contributed by atoms with Crippen molar-refractivity contribution in [2.75, 3.05) is 5.32 Å². The second kappa shape index (κ2) is 5.44. The number of anilines is 2. The van der Waals surface area contributed by atoms with Gasteiger partial charge in [-0.05, 0) is 36.8 Å². The van der Waals surface area contributed by atoms with E-state index in [1.807, 2.05) is 19.1 Å². The summed E-state index contributed by atoms with van der Waals surface area (Å²) in [5, 5.41) is 21.7. The Kier molecular flexibility index (Phi) is 3.71. The van der Waals surface area contributed by atoms with Crippen LogP contribution in [0.5, 0.6) is 0 Å². The minimum atomic E-state index is 0.506. The van der Waals surface area contributed by atoms with Crippen molar-refractivity contribution in [3.05, 3.63) is 58.1 Å². The van der Waals surface area contributed by atoms with Crippen molar-refractivity contribution in [2.45, 2.75) is 6.92 Å². The average Bonchev–Trinajstić information content (AvgIpc) is 2.43. The van der Waals surface area contributed by atoms with Gasteiger partial charge in [0, 0.05) is 0 Å². The summed E-state index contributed by atoms with van der Waals surface area (Å²) in [6.07, 6.45) is 0. The first-order valence-corrected chi connectivity index (χ1v) is 6.00. The lowest BCUT2D eigenvalue weighted by molar-refractivity contribution is 1.39. The zero-order chi connectivity index (χ0) is 13.8. The molecule has 2 rings (SSSR count). The molecule has 0 aliphatic carbocycles. The van der Waals surface area contributed by atoms with Crippen LogP contribution in [0.25, 0.3) is 0 Å². The molecular weight excluding hydrogens is 258 g/mol. The van der Waals surface area contributed by atoms with Gasteiger partial charge >= 0.3 is 0 Å². The Bertz CT molecular complexity index is 708. The fourth-order valence-electron chi connectivity index (χ4n) is 1.75. The molecule has 4 heteroatoms. The van der Waals surface area contributed by atoms with Crippen LogP contribution >= 0.6 is 11.6 Å². The van der Waals surface area contributed by atoms with E-state index < -0.39 is 0 Å². The van der Waals surface area contributed by atoms with Gasteiger partial charge in [-0.3, -0.25) is 0 Å². The van der Waals surface area contributed by atoms with E-state index in [0.717, 1.165) is 5.56 Å². The van der Waals surface area contributed by atoms with Crippen LogP contribution in [0.4, 0.5) is 11.4 Å². The van der Waals surface area contributed by atoms with Crippen molar-refractivity contribution in [1.29, 1.82) is 10.5 Å². The summed E-state index contributed by atoms with van der Waals surface area (Å²) >= 11 is 6.10. The third-order valence-corrected chi connectivity index (χ3v) is 3.08. The molecule has 1 N–H and O–H groups in total. The van der Waals surface area contributed by atoms with Gasteiger partial charge in [0.15, 0.2) is 0 Å². The fourth-order valence-corrected chi connectivity index (χ4v) is 1.92. The topological polar surface area (TPSA) is 59.6 Å². The summed E-state index contributed by atoms with van der Waals surface area (Å²) in [6.45, 7) is 1.91. The highest BCUT2D eigenvalue weighted by Gasteiger charge is 2.08. The predicted octanol–water partition coefficient (Wildman–Crippen LogP) is 4.14. The summed E-state index contributed by atoms with van der Waals surface area (Å²) in [6, 6.07) is 14.6. The molecule has 0 aliphatic heterocycles. The minimum absolute atomic E-state index is 0.506. The maximum absolute atomic E-state index is 9.12.